The van der Waals surface area contributed by atoms with Crippen LogP contribution in [0, 0.1) is 5.92 Å². The molecule has 2 aromatic heterocycles. The molecule has 1 saturated heterocycles. The molecule has 1 aromatic carbocycles. The smallest absolute Gasteiger partial charge is 0.223 e. The van der Waals surface area contributed by atoms with Crippen LogP contribution in [0.15, 0.2) is 49.1 Å². The van der Waals surface area contributed by atoms with Crippen LogP contribution in [0.5, 0.6) is 11.5 Å². The van der Waals surface area contributed by atoms with Gasteiger partial charge in [0, 0.05) is 19.0 Å². The number of rotatable bonds is 8. The Kier molecular flexibility index (Phi) is 6.56. The van der Waals surface area contributed by atoms with Gasteiger partial charge in [-0.3, -0.25) is 4.79 Å². The summed E-state index contributed by atoms with van der Waals surface area (Å²) in [5.41, 5.74) is 0. The molecule has 4 rings (SSSR count). The minimum atomic E-state index is -0.000354. The number of hydrogen-bond acceptors (Lipinski definition) is 8. The van der Waals surface area contributed by atoms with E-state index >= 15 is 0 Å². The second-order valence-electron chi connectivity index (χ2n) is 7.17. The predicted octanol–water partition coefficient (Wildman–Crippen LogP) is 1.48. The molecule has 3 heterocycles. The molecule has 1 aliphatic rings. The maximum atomic E-state index is 12.5. The van der Waals surface area contributed by atoms with Gasteiger partial charge in [0.2, 0.25) is 5.91 Å². The van der Waals surface area contributed by atoms with Gasteiger partial charge in [-0.2, -0.15) is 5.10 Å². The van der Waals surface area contributed by atoms with Gasteiger partial charge >= 0.3 is 0 Å². The summed E-state index contributed by atoms with van der Waals surface area (Å²) in [5.74, 6) is 3.02. The number of piperidine rings is 1. The summed E-state index contributed by atoms with van der Waals surface area (Å²) in [6.07, 6.45) is 4.59. The van der Waals surface area contributed by atoms with Gasteiger partial charge < -0.3 is 19.7 Å². The van der Waals surface area contributed by atoms with Crippen LogP contribution >= 0.6 is 0 Å². The van der Waals surface area contributed by atoms with Crippen LogP contribution in [0.25, 0.3) is 5.82 Å². The van der Waals surface area contributed by atoms with Crippen molar-refractivity contribution in [3.63, 3.8) is 0 Å². The summed E-state index contributed by atoms with van der Waals surface area (Å²) < 4.78 is 12.3. The zero-order valence-corrected chi connectivity index (χ0v) is 17.3. The highest BCUT2D eigenvalue weighted by Crippen LogP contribution is 2.22. The van der Waals surface area contributed by atoms with Crippen molar-refractivity contribution < 1.29 is 14.3 Å². The molecule has 10 nitrogen and oxygen atoms in total. The third-order valence-electron chi connectivity index (χ3n) is 5.21. The highest BCUT2D eigenvalue weighted by molar-refractivity contribution is 5.78. The maximum absolute atomic E-state index is 12.5. The molecule has 31 heavy (non-hydrogen) atoms. The van der Waals surface area contributed by atoms with E-state index in [2.05, 4.69) is 30.5 Å². The van der Waals surface area contributed by atoms with Crippen LogP contribution in [0.2, 0.25) is 0 Å². The maximum Gasteiger partial charge on any atom is 0.223 e. The Balaban J connectivity index is 1.18. The van der Waals surface area contributed by atoms with E-state index in [1.807, 2.05) is 36.4 Å². The van der Waals surface area contributed by atoms with Crippen LogP contribution < -0.4 is 19.7 Å². The van der Waals surface area contributed by atoms with E-state index in [1.54, 1.807) is 18.1 Å². The Morgan fingerprint density at radius 1 is 1.06 bits per heavy atom. The molecule has 0 unspecified atom stereocenters. The first-order chi connectivity index (χ1) is 15.2. The molecule has 0 atom stereocenters. The fourth-order valence-corrected chi connectivity index (χ4v) is 3.47. The number of nitrogens with one attached hydrogen (secondary N) is 1. The zero-order chi connectivity index (χ0) is 21.5. The number of aromatic nitrogens is 5. The summed E-state index contributed by atoms with van der Waals surface area (Å²) in [4.78, 5) is 18.5. The number of carbonyl (C=O) groups is 1. The van der Waals surface area contributed by atoms with Crippen molar-refractivity contribution in [1.29, 1.82) is 0 Å². The van der Waals surface area contributed by atoms with E-state index in [0.717, 1.165) is 43.2 Å². The SMILES string of the molecule is COc1ccc(OCCNC(=O)C2CCN(c3ccc(-n4cncn4)nn3)CC2)cc1. The monoisotopic (exact) mass is 423 g/mol. The predicted molar refractivity (Wildman–Crippen MR) is 113 cm³/mol. The van der Waals surface area contributed by atoms with Crippen molar-refractivity contribution in [2.45, 2.75) is 12.8 Å². The molecule has 1 N–H and O–H groups in total. The van der Waals surface area contributed by atoms with Crippen molar-refractivity contribution in [3.05, 3.63) is 49.1 Å². The molecule has 10 heteroatoms. The van der Waals surface area contributed by atoms with Crippen molar-refractivity contribution in [2.75, 3.05) is 38.3 Å². The van der Waals surface area contributed by atoms with Crippen LogP contribution in [-0.4, -0.2) is 64.2 Å². The van der Waals surface area contributed by atoms with Gasteiger partial charge in [-0.1, -0.05) is 0 Å². The molecule has 3 aromatic rings. The van der Waals surface area contributed by atoms with Crippen LogP contribution in [0.3, 0.4) is 0 Å². The van der Waals surface area contributed by atoms with Crippen LogP contribution in [-0.2, 0) is 4.79 Å². The van der Waals surface area contributed by atoms with Crippen LogP contribution in [0.4, 0.5) is 5.82 Å². The van der Waals surface area contributed by atoms with Gasteiger partial charge in [-0.05, 0) is 49.2 Å². The molecule has 162 valence electrons. The van der Waals surface area contributed by atoms with Gasteiger partial charge in [0.15, 0.2) is 11.6 Å². The molecule has 0 saturated carbocycles. The summed E-state index contributed by atoms with van der Waals surface area (Å²) in [5, 5.41) is 15.5. The lowest BCUT2D eigenvalue weighted by Crippen LogP contribution is -2.41. The first-order valence-corrected chi connectivity index (χ1v) is 10.2. The van der Waals surface area contributed by atoms with Gasteiger partial charge in [0.05, 0.1) is 13.7 Å². The normalized spacial score (nSPS) is 14.3. The quantitative estimate of drug-likeness (QED) is 0.543. The lowest BCUT2D eigenvalue weighted by Gasteiger charge is -2.31. The second kappa shape index (κ2) is 9.88. The first kappa shape index (κ1) is 20.6. The van der Waals surface area contributed by atoms with E-state index in [9.17, 15) is 4.79 Å². The largest absolute Gasteiger partial charge is 0.497 e. The standard InChI is InChI=1S/C21H25N7O3/c1-30-17-2-4-18(5-3-17)31-13-10-23-21(29)16-8-11-27(12-9-16)19-6-7-20(26-25-19)28-15-22-14-24-28/h2-7,14-16H,8-13H2,1H3,(H,23,29). The lowest BCUT2D eigenvalue weighted by atomic mass is 9.96. The number of ether oxygens (including phenoxy) is 2. The minimum Gasteiger partial charge on any atom is -0.497 e. The Bertz CT molecular complexity index is 954. The Morgan fingerprint density at radius 2 is 1.77 bits per heavy atom. The molecule has 0 bridgehead atoms. The fourth-order valence-electron chi connectivity index (χ4n) is 3.47. The molecular weight excluding hydrogens is 398 g/mol. The first-order valence-electron chi connectivity index (χ1n) is 10.2. The molecule has 0 spiro atoms. The molecule has 1 fully saturated rings. The lowest BCUT2D eigenvalue weighted by molar-refractivity contribution is -0.125. The fraction of sp³-hybridized carbons (Fsp3) is 0.381. The highest BCUT2D eigenvalue weighted by Gasteiger charge is 2.25. The molecule has 0 aliphatic carbocycles. The molecule has 0 radical (unpaired) electrons. The third-order valence-corrected chi connectivity index (χ3v) is 5.21. The summed E-state index contributed by atoms with van der Waals surface area (Å²) in [7, 11) is 1.62. The third kappa shape index (κ3) is 5.27. The topological polar surface area (TPSA) is 107 Å². The Morgan fingerprint density at radius 3 is 2.42 bits per heavy atom. The summed E-state index contributed by atoms with van der Waals surface area (Å²) in [6.45, 7) is 2.42. The van der Waals surface area contributed by atoms with Crippen molar-refractivity contribution >= 4 is 11.7 Å². The van der Waals surface area contributed by atoms with Crippen molar-refractivity contribution in [1.82, 2.24) is 30.3 Å². The summed E-state index contributed by atoms with van der Waals surface area (Å²) >= 11 is 0. The van der Waals surface area contributed by atoms with Crippen molar-refractivity contribution in [3.8, 4) is 17.3 Å². The number of carbonyl (C=O) groups excluding carboxylic acids is 1. The number of benzene rings is 1. The molecule has 1 amide bonds. The van der Waals surface area contributed by atoms with E-state index in [0.29, 0.717) is 19.0 Å². The Labute approximate surface area is 180 Å². The van der Waals surface area contributed by atoms with Gasteiger partial charge in [0.25, 0.3) is 0 Å². The average Bonchev–Trinajstić information content (AvgIpc) is 3.37. The molecular formula is C21H25N7O3. The van der Waals surface area contributed by atoms with E-state index in [1.165, 1.54) is 6.33 Å². The number of methoxy groups -OCH3 is 1. The number of nitrogens with zero attached hydrogens (tertiary/aromatic N) is 6. The zero-order valence-electron chi connectivity index (χ0n) is 17.3. The second-order valence-corrected chi connectivity index (χ2v) is 7.17. The van der Waals surface area contributed by atoms with Gasteiger partial charge in [-0.25, -0.2) is 9.67 Å². The minimum absolute atomic E-state index is 0.000354. The van der Waals surface area contributed by atoms with Gasteiger partial charge in [0.1, 0.15) is 30.8 Å². The number of hydrogen-bond donors (Lipinski definition) is 1. The van der Waals surface area contributed by atoms with E-state index in [4.69, 9.17) is 9.47 Å². The highest BCUT2D eigenvalue weighted by atomic mass is 16.5. The van der Waals surface area contributed by atoms with Crippen LogP contribution in [0.1, 0.15) is 12.8 Å². The van der Waals surface area contributed by atoms with E-state index in [-0.39, 0.29) is 11.8 Å². The van der Waals surface area contributed by atoms with Crippen molar-refractivity contribution in [2.24, 2.45) is 5.92 Å². The molecule has 1 aliphatic heterocycles. The summed E-state index contributed by atoms with van der Waals surface area (Å²) in [6, 6.07) is 11.2. The van der Waals surface area contributed by atoms with E-state index < -0.39 is 0 Å². The Hall–Kier alpha value is -3.69. The van der Waals surface area contributed by atoms with Gasteiger partial charge in [-0.15, -0.1) is 10.2 Å². The number of anilines is 1. The average molecular weight is 423 g/mol. The number of amides is 1.